The minimum atomic E-state index is 0.619. The third kappa shape index (κ3) is 4.82. The lowest BCUT2D eigenvalue weighted by Gasteiger charge is -2.17. The predicted molar refractivity (Wildman–Crippen MR) is 86.5 cm³/mol. The molecule has 1 aliphatic heterocycles. The number of nitrogens with one attached hydrogen (secondary N) is 1. The van der Waals surface area contributed by atoms with Gasteiger partial charge in [0.25, 0.3) is 0 Å². The Bertz CT molecular complexity index is 437. The Kier molecular flexibility index (Phi) is 6.24. The summed E-state index contributed by atoms with van der Waals surface area (Å²) in [4.78, 5) is 4.88. The predicted octanol–water partition coefficient (Wildman–Crippen LogP) is 2.79. The fourth-order valence-corrected chi connectivity index (χ4v) is 2.86. The molecule has 0 unspecified atom stereocenters. The summed E-state index contributed by atoms with van der Waals surface area (Å²) in [6.45, 7) is 13.7. The van der Waals surface area contributed by atoms with E-state index in [4.69, 9.17) is 9.72 Å². The van der Waals surface area contributed by atoms with E-state index in [2.05, 4.69) is 37.6 Å². The second-order valence-corrected chi connectivity index (χ2v) is 6.92. The Morgan fingerprint density at radius 2 is 2.05 bits per heavy atom. The van der Waals surface area contributed by atoms with Gasteiger partial charge in [-0.1, -0.05) is 27.7 Å². The Labute approximate surface area is 129 Å². The van der Waals surface area contributed by atoms with Gasteiger partial charge in [-0.15, -0.1) is 0 Å². The second kappa shape index (κ2) is 7.95. The van der Waals surface area contributed by atoms with Crippen molar-refractivity contribution < 1.29 is 4.74 Å². The van der Waals surface area contributed by atoms with E-state index in [1.807, 2.05) is 0 Å². The number of hydrogen-bond acceptors (Lipinski definition) is 3. The Hall–Kier alpha value is -0.870. The lowest BCUT2D eigenvalue weighted by atomic mass is 10.1. The van der Waals surface area contributed by atoms with Crippen LogP contribution in [0.4, 0.5) is 0 Å². The van der Waals surface area contributed by atoms with Crippen molar-refractivity contribution in [3.8, 4) is 0 Å². The molecule has 0 aliphatic carbocycles. The molecule has 1 N–H and O–H groups in total. The van der Waals surface area contributed by atoms with Crippen molar-refractivity contribution in [1.29, 1.82) is 0 Å². The van der Waals surface area contributed by atoms with E-state index < -0.39 is 0 Å². The summed E-state index contributed by atoms with van der Waals surface area (Å²) in [5, 5.41) is 3.42. The van der Waals surface area contributed by atoms with Gasteiger partial charge in [-0.2, -0.15) is 0 Å². The standard InChI is InChI=1S/C17H31N3O/c1-13(2)10-17-19-15-11-18-7-6-16(15)20(17)8-5-9-21-12-14(3)4/h13-14,18H,5-12H2,1-4H3. The van der Waals surface area contributed by atoms with Crippen molar-refractivity contribution in [1.82, 2.24) is 14.9 Å². The maximum Gasteiger partial charge on any atom is 0.109 e. The molecule has 4 heteroatoms. The number of fused-ring (bicyclic) bond motifs is 1. The van der Waals surface area contributed by atoms with Crippen molar-refractivity contribution in [2.75, 3.05) is 19.8 Å². The molecule has 0 bridgehead atoms. The fourth-order valence-electron chi connectivity index (χ4n) is 2.86. The topological polar surface area (TPSA) is 39.1 Å². The third-order valence-corrected chi connectivity index (χ3v) is 3.78. The van der Waals surface area contributed by atoms with Crippen molar-refractivity contribution in [2.45, 2.75) is 60.0 Å². The lowest BCUT2D eigenvalue weighted by Crippen LogP contribution is -2.25. The van der Waals surface area contributed by atoms with Crippen molar-refractivity contribution >= 4 is 0 Å². The van der Waals surface area contributed by atoms with Crippen LogP contribution in [-0.2, 0) is 30.7 Å². The van der Waals surface area contributed by atoms with E-state index >= 15 is 0 Å². The zero-order chi connectivity index (χ0) is 15.2. The summed E-state index contributed by atoms with van der Waals surface area (Å²) >= 11 is 0. The zero-order valence-corrected chi connectivity index (χ0v) is 14.1. The average molecular weight is 293 g/mol. The third-order valence-electron chi connectivity index (χ3n) is 3.78. The molecule has 0 amide bonds. The van der Waals surface area contributed by atoms with Gasteiger partial charge >= 0.3 is 0 Å². The molecule has 2 rings (SSSR count). The molecule has 0 radical (unpaired) electrons. The smallest absolute Gasteiger partial charge is 0.109 e. The number of hydrogen-bond donors (Lipinski definition) is 1. The van der Waals surface area contributed by atoms with E-state index in [9.17, 15) is 0 Å². The van der Waals surface area contributed by atoms with Crippen LogP contribution in [0.1, 0.15) is 51.3 Å². The van der Waals surface area contributed by atoms with Crippen LogP contribution in [0.5, 0.6) is 0 Å². The molecule has 0 aromatic carbocycles. The van der Waals surface area contributed by atoms with Gasteiger partial charge in [0, 0.05) is 51.4 Å². The van der Waals surface area contributed by atoms with E-state index in [1.54, 1.807) is 0 Å². The number of ether oxygens (including phenoxy) is 1. The molecular weight excluding hydrogens is 262 g/mol. The molecule has 0 atom stereocenters. The van der Waals surface area contributed by atoms with Gasteiger partial charge in [0.05, 0.1) is 5.69 Å². The van der Waals surface area contributed by atoms with Gasteiger partial charge in [0.15, 0.2) is 0 Å². The molecule has 1 aromatic rings. The Balaban J connectivity index is 1.97. The molecular formula is C17H31N3O. The van der Waals surface area contributed by atoms with Gasteiger partial charge in [-0.3, -0.25) is 0 Å². The lowest BCUT2D eigenvalue weighted by molar-refractivity contribution is 0.105. The fraction of sp³-hybridized carbons (Fsp3) is 0.824. The first-order valence-electron chi connectivity index (χ1n) is 8.43. The van der Waals surface area contributed by atoms with Crippen LogP contribution in [0.3, 0.4) is 0 Å². The van der Waals surface area contributed by atoms with Crippen LogP contribution in [0.25, 0.3) is 0 Å². The Morgan fingerprint density at radius 3 is 2.76 bits per heavy atom. The molecule has 1 aromatic heterocycles. The second-order valence-electron chi connectivity index (χ2n) is 6.92. The van der Waals surface area contributed by atoms with E-state index in [-0.39, 0.29) is 0 Å². The molecule has 0 spiro atoms. The number of nitrogens with zero attached hydrogens (tertiary/aromatic N) is 2. The van der Waals surface area contributed by atoms with E-state index in [0.29, 0.717) is 11.8 Å². The van der Waals surface area contributed by atoms with Crippen molar-refractivity contribution in [3.05, 3.63) is 17.2 Å². The average Bonchev–Trinajstić information content (AvgIpc) is 2.75. The van der Waals surface area contributed by atoms with E-state index in [0.717, 1.165) is 52.1 Å². The van der Waals surface area contributed by atoms with Gasteiger partial charge in [0.1, 0.15) is 5.82 Å². The molecule has 1 aliphatic rings. The number of imidazole rings is 1. The van der Waals surface area contributed by atoms with Crippen LogP contribution in [0.15, 0.2) is 0 Å². The summed E-state index contributed by atoms with van der Waals surface area (Å²) in [5.74, 6) is 2.54. The van der Waals surface area contributed by atoms with Crippen molar-refractivity contribution in [3.63, 3.8) is 0 Å². The monoisotopic (exact) mass is 293 g/mol. The first kappa shape index (κ1) is 16.5. The van der Waals surface area contributed by atoms with Gasteiger partial charge in [-0.05, 0) is 18.3 Å². The van der Waals surface area contributed by atoms with Gasteiger partial charge in [0.2, 0.25) is 0 Å². The molecule has 120 valence electrons. The largest absolute Gasteiger partial charge is 0.381 e. The van der Waals surface area contributed by atoms with Gasteiger partial charge < -0.3 is 14.6 Å². The minimum absolute atomic E-state index is 0.619. The van der Waals surface area contributed by atoms with Crippen LogP contribution in [0.2, 0.25) is 0 Å². The molecule has 0 saturated carbocycles. The summed E-state index contributed by atoms with van der Waals surface area (Å²) in [5.41, 5.74) is 2.72. The maximum absolute atomic E-state index is 5.71. The molecule has 0 fully saturated rings. The number of rotatable bonds is 8. The van der Waals surface area contributed by atoms with E-state index in [1.165, 1.54) is 17.2 Å². The molecule has 0 saturated heterocycles. The molecule has 4 nitrogen and oxygen atoms in total. The normalized spacial score (nSPS) is 15.0. The highest BCUT2D eigenvalue weighted by atomic mass is 16.5. The minimum Gasteiger partial charge on any atom is -0.381 e. The van der Waals surface area contributed by atoms with Crippen LogP contribution in [-0.4, -0.2) is 29.3 Å². The Morgan fingerprint density at radius 1 is 1.24 bits per heavy atom. The zero-order valence-electron chi connectivity index (χ0n) is 14.1. The first-order chi connectivity index (χ1) is 10.1. The van der Waals surface area contributed by atoms with Crippen LogP contribution in [0, 0.1) is 11.8 Å². The first-order valence-corrected chi connectivity index (χ1v) is 8.43. The van der Waals surface area contributed by atoms with Crippen LogP contribution >= 0.6 is 0 Å². The SMILES string of the molecule is CC(C)COCCCn1c(CC(C)C)nc2c1CCNC2. The van der Waals surface area contributed by atoms with Gasteiger partial charge in [-0.25, -0.2) is 4.98 Å². The summed E-state index contributed by atoms with van der Waals surface area (Å²) < 4.78 is 8.18. The van der Waals surface area contributed by atoms with Crippen molar-refractivity contribution in [2.24, 2.45) is 11.8 Å². The summed E-state index contributed by atoms with van der Waals surface area (Å²) in [6, 6.07) is 0. The molecule has 2 heterocycles. The molecule has 21 heavy (non-hydrogen) atoms. The highest BCUT2D eigenvalue weighted by Gasteiger charge is 2.19. The highest BCUT2D eigenvalue weighted by Crippen LogP contribution is 2.19. The summed E-state index contributed by atoms with van der Waals surface area (Å²) in [6.07, 6.45) is 3.25. The highest BCUT2D eigenvalue weighted by molar-refractivity contribution is 5.20. The number of aromatic nitrogens is 2. The van der Waals surface area contributed by atoms with Crippen LogP contribution < -0.4 is 5.32 Å². The maximum atomic E-state index is 5.71. The quantitative estimate of drug-likeness (QED) is 0.749. The summed E-state index contributed by atoms with van der Waals surface area (Å²) in [7, 11) is 0.